The van der Waals surface area contributed by atoms with E-state index < -0.39 is 10.0 Å². The molecule has 0 saturated heterocycles. The number of anilines is 1. The molecule has 2 aliphatic rings. The number of carbonyl (C=O) groups is 1. The number of fused-ring (bicyclic) bond motifs is 2. The van der Waals surface area contributed by atoms with Gasteiger partial charge >= 0.3 is 0 Å². The van der Waals surface area contributed by atoms with E-state index in [1.165, 1.54) is 38.5 Å². The second-order valence-electron chi connectivity index (χ2n) is 8.07. The molecule has 2 saturated carbocycles. The first kappa shape index (κ1) is 19.8. The van der Waals surface area contributed by atoms with Gasteiger partial charge in [0.2, 0.25) is 0 Å². The summed E-state index contributed by atoms with van der Waals surface area (Å²) in [6.07, 6.45) is 4.74. The van der Waals surface area contributed by atoms with Crippen molar-refractivity contribution in [2.24, 2.45) is 11.8 Å². The van der Waals surface area contributed by atoms with Crippen LogP contribution in [-0.2, 0) is 10.0 Å². The summed E-state index contributed by atoms with van der Waals surface area (Å²) in [6.45, 7) is 1.81. The van der Waals surface area contributed by atoms with Crippen LogP contribution in [0.1, 0.15) is 41.6 Å². The lowest BCUT2D eigenvalue weighted by Gasteiger charge is -2.23. The van der Waals surface area contributed by atoms with E-state index in [0.29, 0.717) is 22.9 Å². The van der Waals surface area contributed by atoms with Crippen LogP contribution in [0, 0.1) is 18.8 Å². The predicted octanol–water partition coefficient (Wildman–Crippen LogP) is 3.72. The first-order chi connectivity index (χ1) is 13.9. The lowest BCUT2D eigenvalue weighted by Crippen LogP contribution is -2.38. The molecule has 7 heteroatoms. The van der Waals surface area contributed by atoms with Crippen LogP contribution < -0.4 is 14.8 Å². The van der Waals surface area contributed by atoms with Gasteiger partial charge in [0, 0.05) is 11.6 Å². The summed E-state index contributed by atoms with van der Waals surface area (Å²) >= 11 is 0. The molecule has 0 spiro atoms. The molecule has 6 nitrogen and oxygen atoms in total. The molecule has 0 aromatic heterocycles. The molecule has 3 atom stereocenters. The average Bonchev–Trinajstić information content (AvgIpc) is 3.32. The number of benzene rings is 2. The predicted molar refractivity (Wildman–Crippen MR) is 112 cm³/mol. The molecular weight excluding hydrogens is 388 g/mol. The fourth-order valence-corrected chi connectivity index (χ4v) is 5.63. The molecule has 0 aliphatic heterocycles. The van der Waals surface area contributed by atoms with Crippen molar-refractivity contribution in [2.45, 2.75) is 43.5 Å². The summed E-state index contributed by atoms with van der Waals surface area (Å²) in [5.41, 5.74) is 1.62. The summed E-state index contributed by atoms with van der Waals surface area (Å²) in [6, 6.07) is 11.5. The van der Waals surface area contributed by atoms with Crippen LogP contribution in [0.3, 0.4) is 0 Å². The Morgan fingerprint density at radius 3 is 2.45 bits per heavy atom. The smallest absolute Gasteiger partial charge is 0.261 e. The van der Waals surface area contributed by atoms with E-state index in [0.717, 1.165) is 17.9 Å². The van der Waals surface area contributed by atoms with Gasteiger partial charge in [0.15, 0.2) is 0 Å². The highest BCUT2D eigenvalue weighted by Gasteiger charge is 2.40. The Hall–Kier alpha value is -2.54. The van der Waals surface area contributed by atoms with Gasteiger partial charge in [-0.25, -0.2) is 8.42 Å². The third-order valence-electron chi connectivity index (χ3n) is 6.17. The number of ether oxygens (including phenoxy) is 1. The maximum absolute atomic E-state index is 12.7. The van der Waals surface area contributed by atoms with Crippen LogP contribution in [0.4, 0.5) is 5.69 Å². The van der Waals surface area contributed by atoms with Crippen LogP contribution in [0.25, 0.3) is 0 Å². The number of nitrogens with one attached hydrogen (secondary N) is 2. The van der Waals surface area contributed by atoms with E-state index in [9.17, 15) is 13.2 Å². The Bertz CT molecular complexity index is 1020. The Morgan fingerprint density at radius 1 is 1.07 bits per heavy atom. The molecule has 2 bridgehead atoms. The minimum Gasteiger partial charge on any atom is -0.497 e. The summed E-state index contributed by atoms with van der Waals surface area (Å²) in [5, 5.41) is 3.15. The fraction of sp³-hybridized carbons (Fsp3) is 0.409. The molecule has 1 amide bonds. The largest absolute Gasteiger partial charge is 0.497 e. The van der Waals surface area contributed by atoms with Gasteiger partial charge in [-0.15, -0.1) is 0 Å². The first-order valence-electron chi connectivity index (χ1n) is 9.94. The quantitative estimate of drug-likeness (QED) is 0.754. The Kier molecular flexibility index (Phi) is 5.25. The summed E-state index contributed by atoms with van der Waals surface area (Å²) in [5.74, 6) is 1.77. The SMILES string of the molecule is COc1ccc(S(=O)(=O)Nc2cc(C(=O)N[C@@H]3C[C@H]4CC[C@@H]3C4)ccc2C)cc1. The standard InChI is InChI=1S/C22H26N2O4S/c1-14-3-5-17(22(25)23-21-12-15-4-6-16(21)11-15)13-20(14)24-29(26,27)19-9-7-18(28-2)8-10-19/h3,5,7-10,13,15-16,21,24H,4,6,11-12H2,1-2H3,(H,23,25)/t15-,16+,21+/m0/s1. The van der Waals surface area contributed by atoms with Crippen LogP contribution in [0.5, 0.6) is 5.75 Å². The van der Waals surface area contributed by atoms with Crippen molar-refractivity contribution in [3.63, 3.8) is 0 Å². The maximum Gasteiger partial charge on any atom is 0.261 e. The average molecular weight is 415 g/mol. The molecule has 2 aliphatic carbocycles. The van der Waals surface area contributed by atoms with E-state index >= 15 is 0 Å². The second-order valence-corrected chi connectivity index (χ2v) is 9.75. The van der Waals surface area contributed by atoms with Gasteiger partial charge in [-0.05, 0) is 80.0 Å². The Balaban J connectivity index is 1.51. The number of hydrogen-bond donors (Lipinski definition) is 2. The minimum absolute atomic E-state index is 0.134. The molecule has 29 heavy (non-hydrogen) atoms. The van der Waals surface area contributed by atoms with Crippen molar-refractivity contribution in [3.05, 3.63) is 53.6 Å². The van der Waals surface area contributed by atoms with E-state index in [1.54, 1.807) is 30.3 Å². The Labute approximate surface area is 171 Å². The molecule has 0 radical (unpaired) electrons. The van der Waals surface area contributed by atoms with Crippen molar-refractivity contribution in [1.82, 2.24) is 5.32 Å². The number of aryl methyl sites for hydroxylation is 1. The number of sulfonamides is 1. The third kappa shape index (κ3) is 4.10. The van der Waals surface area contributed by atoms with Gasteiger partial charge in [0.05, 0.1) is 17.7 Å². The number of rotatable bonds is 6. The van der Waals surface area contributed by atoms with E-state index in [-0.39, 0.29) is 16.8 Å². The van der Waals surface area contributed by atoms with Gasteiger partial charge in [-0.1, -0.05) is 12.5 Å². The van der Waals surface area contributed by atoms with Crippen molar-refractivity contribution in [2.75, 3.05) is 11.8 Å². The maximum atomic E-state index is 12.7. The van der Waals surface area contributed by atoms with Crippen molar-refractivity contribution >= 4 is 21.6 Å². The van der Waals surface area contributed by atoms with Gasteiger partial charge in [-0.2, -0.15) is 0 Å². The highest BCUT2D eigenvalue weighted by molar-refractivity contribution is 7.92. The van der Waals surface area contributed by atoms with E-state index in [1.807, 2.05) is 6.92 Å². The molecule has 2 N–H and O–H groups in total. The minimum atomic E-state index is -3.77. The van der Waals surface area contributed by atoms with Crippen molar-refractivity contribution in [3.8, 4) is 5.75 Å². The van der Waals surface area contributed by atoms with Crippen LogP contribution in [0.15, 0.2) is 47.4 Å². The highest BCUT2D eigenvalue weighted by Crippen LogP contribution is 2.44. The number of amides is 1. The van der Waals surface area contributed by atoms with Gasteiger partial charge in [0.1, 0.15) is 5.75 Å². The summed E-state index contributed by atoms with van der Waals surface area (Å²) in [7, 11) is -2.24. The first-order valence-corrected chi connectivity index (χ1v) is 11.4. The molecule has 0 unspecified atom stereocenters. The Morgan fingerprint density at radius 2 is 1.83 bits per heavy atom. The van der Waals surface area contributed by atoms with Gasteiger partial charge in [0.25, 0.3) is 15.9 Å². The summed E-state index contributed by atoms with van der Waals surface area (Å²) < 4.78 is 33.2. The second kappa shape index (κ2) is 7.71. The lowest BCUT2D eigenvalue weighted by molar-refractivity contribution is 0.0923. The van der Waals surface area contributed by atoms with Crippen molar-refractivity contribution < 1.29 is 17.9 Å². The molecule has 0 heterocycles. The zero-order valence-corrected chi connectivity index (χ0v) is 17.5. The van der Waals surface area contributed by atoms with Crippen LogP contribution in [-0.4, -0.2) is 27.5 Å². The number of methoxy groups -OCH3 is 1. The topological polar surface area (TPSA) is 84.5 Å². The third-order valence-corrected chi connectivity index (χ3v) is 7.55. The molecule has 2 fully saturated rings. The number of carbonyl (C=O) groups excluding carboxylic acids is 1. The van der Waals surface area contributed by atoms with E-state index in [4.69, 9.17) is 4.74 Å². The monoisotopic (exact) mass is 414 g/mol. The van der Waals surface area contributed by atoms with E-state index in [2.05, 4.69) is 10.0 Å². The lowest BCUT2D eigenvalue weighted by atomic mass is 9.95. The number of hydrogen-bond acceptors (Lipinski definition) is 4. The van der Waals surface area contributed by atoms with Crippen LogP contribution in [0.2, 0.25) is 0 Å². The van der Waals surface area contributed by atoms with Gasteiger partial charge < -0.3 is 10.1 Å². The normalized spacial score (nSPS) is 23.0. The highest BCUT2D eigenvalue weighted by atomic mass is 32.2. The molecule has 4 rings (SSSR count). The van der Waals surface area contributed by atoms with Crippen molar-refractivity contribution in [1.29, 1.82) is 0 Å². The summed E-state index contributed by atoms with van der Waals surface area (Å²) in [4.78, 5) is 12.9. The zero-order chi connectivity index (χ0) is 20.6. The molecular formula is C22H26N2O4S. The molecule has 2 aromatic carbocycles. The fourth-order valence-electron chi connectivity index (χ4n) is 4.50. The van der Waals surface area contributed by atoms with Gasteiger partial charge in [-0.3, -0.25) is 9.52 Å². The zero-order valence-electron chi connectivity index (χ0n) is 16.6. The molecule has 154 valence electrons. The molecule has 2 aromatic rings. The van der Waals surface area contributed by atoms with Crippen LogP contribution >= 0.6 is 0 Å².